The van der Waals surface area contributed by atoms with E-state index in [1.165, 1.54) is 6.42 Å². The molecule has 2 aliphatic rings. The fraction of sp³-hybridized carbons (Fsp3) is 0.571. The van der Waals surface area contributed by atoms with Crippen molar-refractivity contribution < 1.29 is 18.9 Å². The van der Waals surface area contributed by atoms with Gasteiger partial charge in [-0.2, -0.15) is 15.0 Å². The molecular formula is C21H31N7O4. The van der Waals surface area contributed by atoms with Crippen molar-refractivity contribution in [2.75, 3.05) is 74.9 Å². The summed E-state index contributed by atoms with van der Waals surface area (Å²) in [5, 5.41) is 6.50. The first-order valence-corrected chi connectivity index (χ1v) is 11.1. The van der Waals surface area contributed by atoms with Gasteiger partial charge in [-0.15, -0.1) is 0 Å². The summed E-state index contributed by atoms with van der Waals surface area (Å²) in [6.45, 7) is 5.33. The number of nitrogens with zero attached hydrogens (tertiary/aromatic N) is 4. The molecule has 0 saturated carbocycles. The Bertz CT molecular complexity index is 864. The fourth-order valence-corrected chi connectivity index (χ4v) is 3.48. The zero-order valence-corrected chi connectivity index (χ0v) is 18.2. The maximum atomic E-state index is 5.57. The van der Waals surface area contributed by atoms with Gasteiger partial charge in [-0.3, -0.25) is 0 Å². The number of rotatable bonds is 12. The number of ether oxygens (including phenoxy) is 4. The van der Waals surface area contributed by atoms with Crippen molar-refractivity contribution in [3.63, 3.8) is 0 Å². The average Bonchev–Trinajstić information content (AvgIpc) is 3.29. The van der Waals surface area contributed by atoms with E-state index in [1.807, 2.05) is 18.2 Å². The molecule has 2 aliphatic heterocycles. The van der Waals surface area contributed by atoms with Crippen LogP contribution in [0.25, 0.3) is 0 Å². The third kappa shape index (κ3) is 6.31. The summed E-state index contributed by atoms with van der Waals surface area (Å²) in [5.41, 5.74) is 6.21. The number of nitrogens with two attached hydrogens (primary N) is 1. The van der Waals surface area contributed by atoms with Crippen LogP contribution < -0.4 is 30.7 Å². The smallest absolute Gasteiger partial charge is 0.233 e. The Kier molecular flexibility index (Phi) is 8.12. The van der Waals surface area contributed by atoms with Crippen LogP contribution in [0, 0.1) is 0 Å². The van der Waals surface area contributed by atoms with Gasteiger partial charge in [0.25, 0.3) is 0 Å². The fourth-order valence-electron chi connectivity index (χ4n) is 3.48. The lowest BCUT2D eigenvalue weighted by atomic mass is 10.1. The van der Waals surface area contributed by atoms with Gasteiger partial charge in [0.2, 0.25) is 24.6 Å². The van der Waals surface area contributed by atoms with E-state index < -0.39 is 0 Å². The van der Waals surface area contributed by atoms with Gasteiger partial charge >= 0.3 is 0 Å². The van der Waals surface area contributed by atoms with Crippen molar-refractivity contribution in [1.29, 1.82) is 0 Å². The van der Waals surface area contributed by atoms with E-state index in [0.717, 1.165) is 37.4 Å². The molecule has 1 aromatic heterocycles. The zero-order chi connectivity index (χ0) is 22.0. The largest absolute Gasteiger partial charge is 0.454 e. The zero-order valence-electron chi connectivity index (χ0n) is 18.2. The van der Waals surface area contributed by atoms with Gasteiger partial charge < -0.3 is 40.2 Å². The number of anilines is 4. The summed E-state index contributed by atoms with van der Waals surface area (Å²) in [6, 6.07) is 5.65. The minimum Gasteiger partial charge on any atom is -0.454 e. The summed E-state index contributed by atoms with van der Waals surface area (Å²) in [7, 11) is 0. The lowest BCUT2D eigenvalue weighted by molar-refractivity contribution is 0.0547. The second kappa shape index (κ2) is 11.7. The highest BCUT2D eigenvalue weighted by Gasteiger charge is 2.18. The number of fused-ring (bicyclic) bond motifs is 1. The molecule has 11 nitrogen and oxygen atoms in total. The first-order valence-electron chi connectivity index (χ1n) is 11.1. The van der Waals surface area contributed by atoms with Crippen LogP contribution >= 0.6 is 0 Å². The van der Waals surface area contributed by atoms with Crippen LogP contribution in [0.4, 0.5) is 23.5 Å². The van der Waals surface area contributed by atoms with Crippen LogP contribution in [-0.4, -0.2) is 74.4 Å². The Balaban J connectivity index is 1.39. The molecule has 0 radical (unpaired) electrons. The second-order valence-electron chi connectivity index (χ2n) is 7.46. The molecule has 4 rings (SSSR count). The molecule has 0 aliphatic carbocycles. The van der Waals surface area contributed by atoms with Gasteiger partial charge in [-0.25, -0.2) is 0 Å². The number of nitrogens with one attached hydrogen (secondary N) is 2. The number of piperidine rings is 1. The van der Waals surface area contributed by atoms with E-state index >= 15 is 0 Å². The van der Waals surface area contributed by atoms with Gasteiger partial charge in [0.05, 0.1) is 26.4 Å². The lowest BCUT2D eigenvalue weighted by Gasteiger charge is -2.27. The number of hydrogen-bond acceptors (Lipinski definition) is 11. The molecule has 2 aromatic rings. The molecule has 4 N–H and O–H groups in total. The lowest BCUT2D eigenvalue weighted by Crippen LogP contribution is -2.31. The van der Waals surface area contributed by atoms with E-state index in [2.05, 4.69) is 30.5 Å². The van der Waals surface area contributed by atoms with Gasteiger partial charge in [-0.05, 0) is 31.4 Å². The molecule has 1 fully saturated rings. The minimum absolute atomic E-state index is 0.235. The molecule has 32 heavy (non-hydrogen) atoms. The van der Waals surface area contributed by atoms with Gasteiger partial charge in [0, 0.05) is 37.9 Å². The van der Waals surface area contributed by atoms with Crippen LogP contribution in [0.15, 0.2) is 18.2 Å². The highest BCUT2D eigenvalue weighted by Crippen LogP contribution is 2.35. The topological polar surface area (TPSA) is 129 Å². The van der Waals surface area contributed by atoms with Crippen LogP contribution in [-0.2, 0) is 9.47 Å². The minimum atomic E-state index is 0.235. The SMILES string of the molecule is NCCOCCOCCNc1nc(Nc2ccc3c(c2)OCO3)nc(N2CCCCC2)n1. The number of hydrogen-bond donors (Lipinski definition) is 3. The first kappa shape index (κ1) is 22.3. The van der Waals surface area contributed by atoms with E-state index in [4.69, 9.17) is 24.7 Å². The molecule has 0 atom stereocenters. The van der Waals surface area contributed by atoms with Gasteiger partial charge in [0.15, 0.2) is 11.5 Å². The van der Waals surface area contributed by atoms with Crippen molar-refractivity contribution in [2.24, 2.45) is 5.73 Å². The summed E-state index contributed by atoms with van der Waals surface area (Å²) >= 11 is 0. The molecule has 11 heteroatoms. The summed E-state index contributed by atoms with van der Waals surface area (Å²) < 4.78 is 21.7. The molecule has 174 valence electrons. The van der Waals surface area contributed by atoms with Crippen molar-refractivity contribution >= 4 is 23.5 Å². The van der Waals surface area contributed by atoms with Crippen LogP contribution in [0.5, 0.6) is 11.5 Å². The molecular weight excluding hydrogens is 414 g/mol. The Labute approximate surface area is 187 Å². The quantitative estimate of drug-likeness (QED) is 0.413. The van der Waals surface area contributed by atoms with Crippen molar-refractivity contribution in [1.82, 2.24) is 15.0 Å². The van der Waals surface area contributed by atoms with Crippen LogP contribution in [0.3, 0.4) is 0 Å². The molecule has 1 aromatic carbocycles. The van der Waals surface area contributed by atoms with Crippen molar-refractivity contribution in [3.8, 4) is 11.5 Å². The summed E-state index contributed by atoms with van der Waals surface area (Å²) in [4.78, 5) is 16.0. The number of aromatic nitrogens is 3. The molecule has 0 bridgehead atoms. The first-order chi connectivity index (χ1) is 15.8. The number of benzene rings is 1. The summed E-state index contributed by atoms with van der Waals surface area (Å²) in [5.74, 6) is 3.08. The standard InChI is InChI=1S/C21H31N7O4/c22-6-10-29-12-13-30-11-7-23-19-25-20(27-21(26-19)28-8-2-1-3-9-28)24-16-4-5-17-18(14-16)32-15-31-17/h4-5,14H,1-3,6-13,15,22H2,(H2,23,24,25,26,27). The predicted octanol–water partition coefficient (Wildman–Crippen LogP) is 1.74. The van der Waals surface area contributed by atoms with E-state index in [9.17, 15) is 0 Å². The molecule has 0 spiro atoms. The maximum absolute atomic E-state index is 5.57. The Morgan fingerprint density at radius 1 is 0.906 bits per heavy atom. The Morgan fingerprint density at radius 2 is 1.69 bits per heavy atom. The second-order valence-corrected chi connectivity index (χ2v) is 7.46. The molecule has 0 amide bonds. The van der Waals surface area contributed by atoms with Crippen LogP contribution in [0.1, 0.15) is 19.3 Å². The average molecular weight is 446 g/mol. The third-order valence-electron chi connectivity index (χ3n) is 5.05. The van der Waals surface area contributed by atoms with E-state index in [-0.39, 0.29) is 6.79 Å². The van der Waals surface area contributed by atoms with Gasteiger partial charge in [-0.1, -0.05) is 0 Å². The van der Waals surface area contributed by atoms with Crippen molar-refractivity contribution in [3.05, 3.63) is 18.2 Å². The molecule has 3 heterocycles. The molecule has 0 unspecified atom stereocenters. The van der Waals surface area contributed by atoms with E-state index in [1.54, 1.807) is 0 Å². The maximum Gasteiger partial charge on any atom is 0.233 e. The van der Waals surface area contributed by atoms with Gasteiger partial charge in [0.1, 0.15) is 0 Å². The summed E-state index contributed by atoms with van der Waals surface area (Å²) in [6.07, 6.45) is 3.51. The highest BCUT2D eigenvalue weighted by atomic mass is 16.7. The predicted molar refractivity (Wildman–Crippen MR) is 121 cm³/mol. The highest BCUT2D eigenvalue weighted by molar-refractivity contribution is 5.61. The monoisotopic (exact) mass is 445 g/mol. The van der Waals surface area contributed by atoms with Crippen molar-refractivity contribution in [2.45, 2.75) is 19.3 Å². The Hall–Kier alpha value is -2.89. The normalized spacial score (nSPS) is 15.1. The third-order valence-corrected chi connectivity index (χ3v) is 5.05. The Morgan fingerprint density at radius 3 is 2.53 bits per heavy atom. The van der Waals surface area contributed by atoms with E-state index in [0.29, 0.717) is 63.1 Å². The van der Waals surface area contributed by atoms with Crippen LogP contribution in [0.2, 0.25) is 0 Å². The molecule has 1 saturated heterocycles.